The standard InChI is InChI=1S/C15H30N2O/c1-4-5-14-11-17(12(2)8-9-18-3)15(10-16-14)13-6-7-13/h12-16H,4-11H2,1-3H3. The zero-order valence-electron chi connectivity index (χ0n) is 12.3. The summed E-state index contributed by atoms with van der Waals surface area (Å²) < 4.78 is 5.25. The van der Waals surface area contributed by atoms with Crippen molar-refractivity contribution in [1.29, 1.82) is 0 Å². The van der Waals surface area contributed by atoms with Gasteiger partial charge in [-0.2, -0.15) is 0 Å². The van der Waals surface area contributed by atoms with Crippen molar-refractivity contribution in [3.63, 3.8) is 0 Å². The van der Waals surface area contributed by atoms with E-state index in [2.05, 4.69) is 24.1 Å². The van der Waals surface area contributed by atoms with Crippen LogP contribution in [0.5, 0.6) is 0 Å². The van der Waals surface area contributed by atoms with Crippen LogP contribution >= 0.6 is 0 Å². The second kappa shape index (κ2) is 6.88. The molecule has 3 nitrogen and oxygen atoms in total. The maximum atomic E-state index is 5.25. The quantitative estimate of drug-likeness (QED) is 0.754. The van der Waals surface area contributed by atoms with Gasteiger partial charge in [-0.1, -0.05) is 13.3 Å². The van der Waals surface area contributed by atoms with E-state index in [0.717, 1.165) is 18.6 Å². The second-order valence-electron chi connectivity index (χ2n) is 6.13. The van der Waals surface area contributed by atoms with Crippen LogP contribution in [0.25, 0.3) is 0 Å². The van der Waals surface area contributed by atoms with Crippen LogP contribution in [0.3, 0.4) is 0 Å². The van der Waals surface area contributed by atoms with E-state index in [0.29, 0.717) is 12.1 Å². The first kappa shape index (κ1) is 14.3. The van der Waals surface area contributed by atoms with Gasteiger partial charge < -0.3 is 10.1 Å². The molecule has 1 aliphatic heterocycles. The highest BCUT2D eigenvalue weighted by Crippen LogP contribution is 2.37. The Hall–Kier alpha value is -0.120. The zero-order chi connectivity index (χ0) is 13.0. The molecule has 18 heavy (non-hydrogen) atoms. The third kappa shape index (κ3) is 3.69. The molecular weight excluding hydrogens is 224 g/mol. The summed E-state index contributed by atoms with van der Waals surface area (Å²) in [4.78, 5) is 2.77. The van der Waals surface area contributed by atoms with Gasteiger partial charge >= 0.3 is 0 Å². The second-order valence-corrected chi connectivity index (χ2v) is 6.13. The molecule has 3 unspecified atom stereocenters. The van der Waals surface area contributed by atoms with Crippen molar-refractivity contribution in [2.75, 3.05) is 26.8 Å². The van der Waals surface area contributed by atoms with Gasteiger partial charge in [0.2, 0.25) is 0 Å². The molecule has 0 bridgehead atoms. The minimum atomic E-state index is 0.664. The Kier molecular flexibility index (Phi) is 5.46. The van der Waals surface area contributed by atoms with E-state index < -0.39 is 0 Å². The molecule has 2 rings (SSSR count). The molecule has 3 atom stereocenters. The molecule has 1 aliphatic carbocycles. The van der Waals surface area contributed by atoms with E-state index in [4.69, 9.17) is 4.74 Å². The summed E-state index contributed by atoms with van der Waals surface area (Å²) in [5, 5.41) is 3.76. The smallest absolute Gasteiger partial charge is 0.0477 e. The van der Waals surface area contributed by atoms with Crippen LogP contribution < -0.4 is 5.32 Å². The Morgan fingerprint density at radius 3 is 2.78 bits per heavy atom. The van der Waals surface area contributed by atoms with Crippen molar-refractivity contribution in [3.8, 4) is 0 Å². The zero-order valence-corrected chi connectivity index (χ0v) is 12.3. The lowest BCUT2D eigenvalue weighted by molar-refractivity contribution is 0.0559. The number of hydrogen-bond acceptors (Lipinski definition) is 3. The molecule has 0 aromatic rings. The highest BCUT2D eigenvalue weighted by atomic mass is 16.5. The van der Waals surface area contributed by atoms with Gasteiger partial charge in [-0.15, -0.1) is 0 Å². The summed E-state index contributed by atoms with van der Waals surface area (Å²) in [7, 11) is 1.81. The minimum absolute atomic E-state index is 0.664. The Morgan fingerprint density at radius 1 is 1.39 bits per heavy atom. The Balaban J connectivity index is 1.90. The Morgan fingerprint density at radius 2 is 2.17 bits per heavy atom. The summed E-state index contributed by atoms with van der Waals surface area (Å²) in [6.45, 7) is 7.99. The Labute approximate surface area is 112 Å². The Bertz CT molecular complexity index is 243. The molecule has 1 N–H and O–H groups in total. The van der Waals surface area contributed by atoms with Crippen LogP contribution in [0.15, 0.2) is 0 Å². The number of rotatable bonds is 7. The first-order chi connectivity index (χ1) is 8.76. The van der Waals surface area contributed by atoms with Crippen molar-refractivity contribution in [1.82, 2.24) is 10.2 Å². The SMILES string of the molecule is CCCC1CN(C(C)CCOC)C(C2CC2)CN1. The molecule has 3 heteroatoms. The fraction of sp³-hybridized carbons (Fsp3) is 1.00. The maximum Gasteiger partial charge on any atom is 0.0477 e. The molecule has 2 fully saturated rings. The fourth-order valence-corrected chi connectivity index (χ4v) is 3.28. The molecular formula is C15H30N2O. The van der Waals surface area contributed by atoms with E-state index in [9.17, 15) is 0 Å². The van der Waals surface area contributed by atoms with E-state index in [-0.39, 0.29) is 0 Å². The third-order valence-electron chi connectivity index (χ3n) is 4.58. The van der Waals surface area contributed by atoms with Crippen molar-refractivity contribution < 1.29 is 4.74 Å². The molecule has 2 aliphatic rings. The predicted molar refractivity (Wildman–Crippen MR) is 75.9 cm³/mol. The first-order valence-corrected chi connectivity index (χ1v) is 7.74. The monoisotopic (exact) mass is 254 g/mol. The lowest BCUT2D eigenvalue weighted by atomic mass is 9.99. The maximum absolute atomic E-state index is 5.25. The van der Waals surface area contributed by atoms with E-state index >= 15 is 0 Å². The average molecular weight is 254 g/mol. The van der Waals surface area contributed by atoms with Gasteiger partial charge in [-0.3, -0.25) is 4.90 Å². The van der Waals surface area contributed by atoms with Crippen molar-refractivity contribution in [2.45, 2.75) is 64.1 Å². The number of nitrogens with one attached hydrogen (secondary N) is 1. The summed E-state index contributed by atoms with van der Waals surface area (Å²) in [5.74, 6) is 0.963. The fourth-order valence-electron chi connectivity index (χ4n) is 3.28. The number of piperazine rings is 1. The molecule has 106 valence electrons. The molecule has 0 aromatic carbocycles. The van der Waals surface area contributed by atoms with Crippen LogP contribution in [0.1, 0.15) is 46.0 Å². The van der Waals surface area contributed by atoms with E-state index in [1.54, 1.807) is 0 Å². The van der Waals surface area contributed by atoms with Crippen LogP contribution in [0, 0.1) is 5.92 Å². The number of ether oxygens (including phenoxy) is 1. The van der Waals surface area contributed by atoms with Gasteiger partial charge in [0.15, 0.2) is 0 Å². The first-order valence-electron chi connectivity index (χ1n) is 7.74. The molecule has 1 saturated carbocycles. The van der Waals surface area contributed by atoms with Crippen LogP contribution in [0.2, 0.25) is 0 Å². The lowest BCUT2D eigenvalue weighted by Crippen LogP contribution is -2.59. The molecule has 1 heterocycles. The molecule has 1 saturated heterocycles. The molecule has 0 aromatic heterocycles. The lowest BCUT2D eigenvalue weighted by Gasteiger charge is -2.44. The van der Waals surface area contributed by atoms with Crippen LogP contribution in [0.4, 0.5) is 0 Å². The highest BCUT2D eigenvalue weighted by molar-refractivity contribution is 4.96. The van der Waals surface area contributed by atoms with Crippen molar-refractivity contribution >= 4 is 0 Å². The highest BCUT2D eigenvalue weighted by Gasteiger charge is 2.39. The summed E-state index contributed by atoms with van der Waals surface area (Å²) in [5.41, 5.74) is 0. The molecule has 0 spiro atoms. The van der Waals surface area contributed by atoms with Crippen molar-refractivity contribution in [3.05, 3.63) is 0 Å². The largest absolute Gasteiger partial charge is 0.385 e. The van der Waals surface area contributed by atoms with Crippen LogP contribution in [-0.4, -0.2) is 49.8 Å². The topological polar surface area (TPSA) is 24.5 Å². The van der Waals surface area contributed by atoms with Crippen LogP contribution in [-0.2, 0) is 4.74 Å². The number of hydrogen-bond donors (Lipinski definition) is 1. The van der Waals surface area contributed by atoms with E-state index in [1.165, 1.54) is 45.2 Å². The minimum Gasteiger partial charge on any atom is -0.385 e. The summed E-state index contributed by atoms with van der Waals surface area (Å²) >= 11 is 0. The normalized spacial score (nSPS) is 31.5. The summed E-state index contributed by atoms with van der Waals surface area (Å²) in [6, 6.07) is 2.15. The predicted octanol–water partition coefficient (Wildman–Crippen LogP) is 2.26. The average Bonchev–Trinajstić information content (AvgIpc) is 3.20. The molecule has 0 amide bonds. The van der Waals surface area contributed by atoms with Gasteiger partial charge in [-0.25, -0.2) is 0 Å². The van der Waals surface area contributed by atoms with Gasteiger partial charge in [0.05, 0.1) is 0 Å². The number of methoxy groups -OCH3 is 1. The molecule has 0 radical (unpaired) electrons. The van der Waals surface area contributed by atoms with Crippen molar-refractivity contribution in [2.24, 2.45) is 5.92 Å². The van der Waals surface area contributed by atoms with Gasteiger partial charge in [0.1, 0.15) is 0 Å². The third-order valence-corrected chi connectivity index (χ3v) is 4.58. The van der Waals surface area contributed by atoms with Gasteiger partial charge in [0, 0.05) is 44.9 Å². The van der Waals surface area contributed by atoms with E-state index in [1.807, 2.05) is 7.11 Å². The van der Waals surface area contributed by atoms with Gasteiger partial charge in [0.25, 0.3) is 0 Å². The number of nitrogens with zero attached hydrogens (tertiary/aromatic N) is 1. The summed E-state index contributed by atoms with van der Waals surface area (Å²) in [6.07, 6.45) is 6.64. The van der Waals surface area contributed by atoms with Gasteiger partial charge in [-0.05, 0) is 38.5 Å².